The molecule has 21 heavy (non-hydrogen) atoms. The average Bonchev–Trinajstić information content (AvgIpc) is 3.00. The van der Waals surface area contributed by atoms with Crippen molar-refractivity contribution in [3.63, 3.8) is 0 Å². The van der Waals surface area contributed by atoms with Crippen LogP contribution in [0.5, 0.6) is 0 Å². The molecule has 6 heteroatoms. The number of H-pyrrole nitrogens is 1. The van der Waals surface area contributed by atoms with E-state index in [1.165, 1.54) is 12.3 Å². The lowest BCUT2D eigenvalue weighted by Crippen LogP contribution is -2.13. The van der Waals surface area contributed by atoms with E-state index in [-0.39, 0.29) is 5.91 Å². The maximum absolute atomic E-state index is 12.0. The lowest BCUT2D eigenvalue weighted by molar-refractivity contribution is -0.131. The Morgan fingerprint density at radius 2 is 2.19 bits per heavy atom. The van der Waals surface area contributed by atoms with E-state index in [0.29, 0.717) is 17.8 Å². The van der Waals surface area contributed by atoms with E-state index in [9.17, 15) is 9.59 Å². The summed E-state index contributed by atoms with van der Waals surface area (Å²) in [5, 5.41) is 17.8. The van der Waals surface area contributed by atoms with Crippen LogP contribution >= 0.6 is 0 Å². The molecule has 0 bridgehead atoms. The fraction of sp³-hybridized carbons (Fsp3) is 0.133. The van der Waals surface area contributed by atoms with Gasteiger partial charge in [-0.05, 0) is 41.8 Å². The molecule has 6 nitrogen and oxygen atoms in total. The molecule has 0 aliphatic heterocycles. The summed E-state index contributed by atoms with van der Waals surface area (Å²) in [6, 6.07) is 6.95. The SMILES string of the molecule is CCc1cc(/C=C/C(=O)O)ccc1NC(=O)c1ccn[nH]1. The molecule has 1 amide bonds. The molecule has 0 spiro atoms. The molecular formula is C15H15N3O3. The zero-order chi connectivity index (χ0) is 15.2. The number of hydrogen-bond acceptors (Lipinski definition) is 3. The molecule has 0 aliphatic carbocycles. The van der Waals surface area contributed by atoms with E-state index in [0.717, 1.165) is 17.2 Å². The Hall–Kier alpha value is -2.89. The zero-order valence-corrected chi connectivity index (χ0v) is 11.5. The highest BCUT2D eigenvalue weighted by Gasteiger charge is 2.09. The van der Waals surface area contributed by atoms with Gasteiger partial charge in [0.25, 0.3) is 5.91 Å². The molecule has 1 aromatic carbocycles. The number of carboxylic acids is 1. The summed E-state index contributed by atoms with van der Waals surface area (Å²) >= 11 is 0. The number of carbonyl (C=O) groups excluding carboxylic acids is 1. The molecule has 0 saturated heterocycles. The number of aromatic nitrogens is 2. The number of amides is 1. The summed E-state index contributed by atoms with van der Waals surface area (Å²) in [5.74, 6) is -1.26. The minimum Gasteiger partial charge on any atom is -0.478 e. The lowest BCUT2D eigenvalue weighted by Gasteiger charge is -2.10. The van der Waals surface area contributed by atoms with Crippen LogP contribution in [0.4, 0.5) is 5.69 Å². The van der Waals surface area contributed by atoms with E-state index in [1.807, 2.05) is 13.0 Å². The van der Waals surface area contributed by atoms with Crippen molar-refractivity contribution >= 4 is 23.6 Å². The molecule has 0 fully saturated rings. The number of aromatic amines is 1. The number of carboxylic acid groups (broad SMARTS) is 1. The van der Waals surface area contributed by atoms with Crippen LogP contribution in [-0.4, -0.2) is 27.2 Å². The number of rotatable bonds is 5. The first kappa shape index (κ1) is 14.5. The van der Waals surface area contributed by atoms with Crippen LogP contribution in [-0.2, 0) is 11.2 Å². The first-order valence-electron chi connectivity index (χ1n) is 6.45. The van der Waals surface area contributed by atoms with Crippen LogP contribution < -0.4 is 5.32 Å². The molecule has 1 aromatic heterocycles. The van der Waals surface area contributed by atoms with Crippen molar-refractivity contribution < 1.29 is 14.7 Å². The fourth-order valence-corrected chi connectivity index (χ4v) is 1.87. The minimum absolute atomic E-state index is 0.268. The van der Waals surface area contributed by atoms with Gasteiger partial charge in [0.15, 0.2) is 0 Å². The number of benzene rings is 1. The van der Waals surface area contributed by atoms with Crippen molar-refractivity contribution in [2.75, 3.05) is 5.32 Å². The summed E-state index contributed by atoms with van der Waals surface area (Å²) in [7, 11) is 0. The van der Waals surface area contributed by atoms with Crippen LogP contribution in [0.15, 0.2) is 36.5 Å². The summed E-state index contributed by atoms with van der Waals surface area (Å²) in [5.41, 5.74) is 2.78. The molecular weight excluding hydrogens is 270 g/mol. The molecule has 0 aliphatic rings. The monoisotopic (exact) mass is 285 g/mol. The molecule has 1 heterocycles. The van der Waals surface area contributed by atoms with Gasteiger partial charge < -0.3 is 10.4 Å². The van der Waals surface area contributed by atoms with E-state index < -0.39 is 5.97 Å². The number of nitrogens with zero attached hydrogens (tertiary/aromatic N) is 1. The van der Waals surface area contributed by atoms with Crippen LogP contribution in [0, 0.1) is 0 Å². The highest BCUT2D eigenvalue weighted by molar-refractivity contribution is 6.03. The number of aliphatic carboxylic acids is 1. The smallest absolute Gasteiger partial charge is 0.328 e. The lowest BCUT2D eigenvalue weighted by atomic mass is 10.1. The minimum atomic E-state index is -0.996. The van der Waals surface area contributed by atoms with Gasteiger partial charge in [0.2, 0.25) is 0 Å². The maximum atomic E-state index is 12.0. The summed E-state index contributed by atoms with van der Waals surface area (Å²) in [6.07, 6.45) is 4.82. The van der Waals surface area contributed by atoms with E-state index >= 15 is 0 Å². The largest absolute Gasteiger partial charge is 0.478 e. The molecule has 108 valence electrons. The van der Waals surface area contributed by atoms with Gasteiger partial charge in [-0.15, -0.1) is 0 Å². The second-order valence-electron chi connectivity index (χ2n) is 4.37. The second-order valence-corrected chi connectivity index (χ2v) is 4.37. The molecule has 2 aromatic rings. The van der Waals surface area contributed by atoms with Gasteiger partial charge >= 0.3 is 5.97 Å². The Morgan fingerprint density at radius 3 is 2.81 bits per heavy atom. The van der Waals surface area contributed by atoms with E-state index in [2.05, 4.69) is 15.5 Å². The van der Waals surface area contributed by atoms with Crippen molar-refractivity contribution in [2.45, 2.75) is 13.3 Å². The molecule has 0 radical (unpaired) electrons. The molecule has 0 saturated carbocycles. The number of nitrogens with one attached hydrogen (secondary N) is 2. The average molecular weight is 285 g/mol. The normalized spacial score (nSPS) is 10.7. The Labute approximate surface area is 121 Å². The molecule has 0 unspecified atom stereocenters. The predicted molar refractivity (Wildman–Crippen MR) is 79.0 cm³/mol. The first-order chi connectivity index (χ1) is 10.1. The number of carbonyl (C=O) groups is 2. The first-order valence-corrected chi connectivity index (χ1v) is 6.45. The summed E-state index contributed by atoms with van der Waals surface area (Å²) < 4.78 is 0. The Morgan fingerprint density at radius 1 is 1.38 bits per heavy atom. The van der Waals surface area contributed by atoms with Crippen molar-refractivity contribution in [1.29, 1.82) is 0 Å². The van der Waals surface area contributed by atoms with Crippen LogP contribution in [0.3, 0.4) is 0 Å². The van der Waals surface area contributed by atoms with Gasteiger partial charge in [0.05, 0.1) is 0 Å². The fourth-order valence-electron chi connectivity index (χ4n) is 1.87. The van der Waals surface area contributed by atoms with Crippen molar-refractivity contribution in [3.8, 4) is 0 Å². The van der Waals surface area contributed by atoms with Gasteiger partial charge in [0.1, 0.15) is 5.69 Å². The van der Waals surface area contributed by atoms with Crippen molar-refractivity contribution in [3.05, 3.63) is 53.4 Å². The van der Waals surface area contributed by atoms with Crippen molar-refractivity contribution in [2.24, 2.45) is 0 Å². The standard InChI is InChI=1S/C15H15N3O3/c1-2-11-9-10(4-6-14(19)20)3-5-12(11)17-15(21)13-7-8-16-18-13/h3-9H,2H2,1H3,(H,16,18)(H,17,21)(H,19,20)/b6-4+. The molecule has 0 atom stereocenters. The molecule has 2 rings (SSSR count). The Kier molecular flexibility index (Phi) is 4.50. The van der Waals surface area contributed by atoms with Crippen LogP contribution in [0.2, 0.25) is 0 Å². The molecule has 3 N–H and O–H groups in total. The summed E-state index contributed by atoms with van der Waals surface area (Å²) in [4.78, 5) is 22.5. The third-order valence-corrected chi connectivity index (χ3v) is 2.92. The highest BCUT2D eigenvalue weighted by atomic mass is 16.4. The van der Waals surface area contributed by atoms with Crippen molar-refractivity contribution in [1.82, 2.24) is 10.2 Å². The Balaban J connectivity index is 2.20. The number of anilines is 1. The Bertz CT molecular complexity index is 675. The van der Waals surface area contributed by atoms with Gasteiger partial charge in [-0.25, -0.2) is 4.79 Å². The summed E-state index contributed by atoms with van der Waals surface area (Å²) in [6.45, 7) is 1.96. The maximum Gasteiger partial charge on any atom is 0.328 e. The van der Waals surface area contributed by atoms with Crippen LogP contribution in [0.1, 0.15) is 28.5 Å². The third-order valence-electron chi connectivity index (χ3n) is 2.92. The quantitative estimate of drug-likeness (QED) is 0.735. The van der Waals surface area contributed by atoms with Gasteiger partial charge in [-0.2, -0.15) is 5.10 Å². The van der Waals surface area contributed by atoms with Gasteiger partial charge in [-0.1, -0.05) is 13.0 Å². The van der Waals surface area contributed by atoms with Crippen LogP contribution in [0.25, 0.3) is 6.08 Å². The highest BCUT2D eigenvalue weighted by Crippen LogP contribution is 2.20. The number of aryl methyl sites for hydroxylation is 1. The third kappa shape index (κ3) is 3.79. The number of hydrogen-bond donors (Lipinski definition) is 3. The second kappa shape index (κ2) is 6.51. The zero-order valence-electron chi connectivity index (χ0n) is 11.5. The van der Waals surface area contributed by atoms with E-state index in [4.69, 9.17) is 5.11 Å². The topological polar surface area (TPSA) is 95.1 Å². The van der Waals surface area contributed by atoms with Gasteiger partial charge in [0, 0.05) is 18.0 Å². The van der Waals surface area contributed by atoms with Gasteiger partial charge in [-0.3, -0.25) is 9.89 Å². The van der Waals surface area contributed by atoms with E-state index in [1.54, 1.807) is 18.2 Å². The predicted octanol–water partition coefficient (Wildman–Crippen LogP) is 2.32.